The Hall–Kier alpha value is 1.47. The number of halogens is 2. The summed E-state index contributed by atoms with van der Waals surface area (Å²) < 4.78 is 0. The molecule has 0 spiro atoms. The average Bonchev–Trinajstić information content (AvgIpc) is 2.41. The summed E-state index contributed by atoms with van der Waals surface area (Å²) in [7, 11) is 8.29. The Morgan fingerprint density at radius 1 is 0.864 bits per heavy atom. The van der Waals surface area contributed by atoms with Gasteiger partial charge in [-0.15, -0.1) is 5.54 Å². The molecule has 1 fully saturated rings. The Morgan fingerprint density at radius 3 is 1.36 bits per heavy atom. The first-order chi connectivity index (χ1) is 8.89. The molecule has 1 saturated carbocycles. The summed E-state index contributed by atoms with van der Waals surface area (Å²) >= 11 is -0.556. The molecule has 0 radical (unpaired) electrons. The van der Waals surface area contributed by atoms with Gasteiger partial charge in [0.1, 0.15) is 0 Å². The van der Waals surface area contributed by atoms with E-state index in [4.69, 9.17) is 23.6 Å². The van der Waals surface area contributed by atoms with Gasteiger partial charge in [0, 0.05) is 0 Å². The van der Waals surface area contributed by atoms with Crippen LogP contribution in [0.5, 0.6) is 0 Å². The van der Waals surface area contributed by atoms with Crippen LogP contribution >= 0.6 is 18.6 Å². The summed E-state index contributed by atoms with van der Waals surface area (Å²) in [5.41, 5.74) is 0.983. The molecule has 0 aromatic heterocycles. The van der Waals surface area contributed by atoms with Gasteiger partial charge in [0.25, 0.3) is 0 Å². The molecule has 1 aliphatic carbocycles. The van der Waals surface area contributed by atoms with Gasteiger partial charge in [0.05, 0.1) is 0 Å². The number of nitrogens with zero attached hydrogens (tertiary/aromatic N) is 1. The van der Waals surface area contributed by atoms with Crippen molar-refractivity contribution in [2.24, 2.45) is 23.7 Å². The van der Waals surface area contributed by atoms with Crippen LogP contribution in [0.2, 0.25) is 18.6 Å². The Morgan fingerprint density at radius 2 is 1.14 bits per heavy atom. The van der Waals surface area contributed by atoms with Crippen molar-refractivity contribution in [1.29, 1.82) is 0 Å². The van der Waals surface area contributed by atoms with Gasteiger partial charge in [-0.25, -0.2) is 0 Å². The third kappa shape index (κ3) is 8.03. The second-order valence-corrected chi connectivity index (χ2v) is 14.7. The van der Waals surface area contributed by atoms with E-state index >= 15 is 0 Å². The number of hydrogen-bond donors (Lipinski definition) is 0. The van der Waals surface area contributed by atoms with E-state index in [1.807, 2.05) is 0 Å². The van der Waals surface area contributed by atoms with E-state index in [2.05, 4.69) is 61.6 Å². The zero-order valence-electron chi connectivity index (χ0n) is 15.6. The molecule has 0 N–H and O–H groups in total. The van der Waals surface area contributed by atoms with Crippen molar-refractivity contribution in [3.8, 4) is 0 Å². The molecule has 0 heterocycles. The van der Waals surface area contributed by atoms with E-state index in [1.54, 1.807) is 0 Å². The Kier molecular flexibility index (Phi) is 14.3. The van der Waals surface area contributed by atoms with E-state index in [9.17, 15) is 0 Å². The predicted octanol–water partition coefficient (Wildman–Crippen LogP) is 7.75. The Balaban J connectivity index is -0.000000666. The van der Waals surface area contributed by atoms with Crippen molar-refractivity contribution in [2.75, 3.05) is 0 Å². The summed E-state index contributed by atoms with van der Waals surface area (Å²) in [5, 5.41) is 0. The topological polar surface area (TPSA) is 14.1 Å². The van der Waals surface area contributed by atoms with Crippen LogP contribution in [0.25, 0.3) is 4.98 Å². The molecule has 0 aromatic carbocycles. The molecule has 136 valence electrons. The quantitative estimate of drug-likeness (QED) is 0.330. The minimum atomic E-state index is -1.49. The van der Waals surface area contributed by atoms with Gasteiger partial charge in [0.15, 0.2) is 0 Å². The van der Waals surface area contributed by atoms with Crippen LogP contribution in [0.3, 0.4) is 0 Å². The summed E-state index contributed by atoms with van der Waals surface area (Å²) in [6.45, 7) is 21.5. The molecule has 4 unspecified atom stereocenters. The molecule has 0 aromatic rings. The zero-order chi connectivity index (χ0) is 16.3. The molecule has 0 bridgehead atoms. The molecular formula is C17H39Cl2NSiTi-2. The van der Waals surface area contributed by atoms with Crippen molar-refractivity contribution in [3.63, 3.8) is 0 Å². The van der Waals surface area contributed by atoms with Crippen LogP contribution in [-0.4, -0.2) is 13.8 Å². The van der Waals surface area contributed by atoms with Gasteiger partial charge in [-0.3, -0.25) is 0 Å². The van der Waals surface area contributed by atoms with Crippen molar-refractivity contribution < 1.29 is 17.0 Å². The molecular weight excluding hydrogens is 365 g/mol. The van der Waals surface area contributed by atoms with Gasteiger partial charge < -0.3 is 12.4 Å². The fourth-order valence-corrected chi connectivity index (χ4v) is 9.37. The summed E-state index contributed by atoms with van der Waals surface area (Å²) in [4.78, 5) is 5.23. The molecule has 1 aliphatic rings. The Labute approximate surface area is 159 Å². The van der Waals surface area contributed by atoms with E-state index < -0.39 is 25.3 Å². The second kappa shape index (κ2) is 11.2. The van der Waals surface area contributed by atoms with Gasteiger partial charge >= 0.3 is 35.6 Å². The summed E-state index contributed by atoms with van der Waals surface area (Å²) in [6.07, 6.45) is 0. The van der Waals surface area contributed by atoms with Crippen LogP contribution in [-0.2, 0) is 17.0 Å². The maximum absolute atomic E-state index is 5.23. The minimum absolute atomic E-state index is 0. The van der Waals surface area contributed by atoms with Gasteiger partial charge in [-0.2, -0.15) is 0 Å². The van der Waals surface area contributed by atoms with Crippen molar-refractivity contribution in [2.45, 2.75) is 80.1 Å². The summed E-state index contributed by atoms with van der Waals surface area (Å²) in [6, 6.07) is 0. The summed E-state index contributed by atoms with van der Waals surface area (Å²) in [5.74, 6) is 3.40. The third-order valence-electron chi connectivity index (χ3n) is 5.06. The first-order valence-electron chi connectivity index (χ1n) is 7.59. The van der Waals surface area contributed by atoms with Crippen LogP contribution in [0.15, 0.2) is 0 Å². The standard InChI is InChI=1S/C15H32NSi.CH4.CH3.2ClH.Ti/c1-10-11(2)13(4)14(12(10)3)17(8,9)16-15(5,6)7;;;;;/h10-14H,1-9H3;1H4;1H3;2*1H;/q-1;;-1;;;+2/p-2. The first-order valence-corrected chi connectivity index (χ1v) is 14.9. The third-order valence-corrected chi connectivity index (χ3v) is 8.99. The van der Waals surface area contributed by atoms with Crippen molar-refractivity contribution in [1.82, 2.24) is 0 Å². The predicted molar refractivity (Wildman–Crippen MR) is 106 cm³/mol. The molecule has 0 saturated heterocycles. The second-order valence-electron chi connectivity index (χ2n) is 7.97. The van der Waals surface area contributed by atoms with Crippen LogP contribution in [0, 0.1) is 31.1 Å². The zero-order valence-corrected chi connectivity index (χ0v) is 19.7. The average molecular weight is 404 g/mol. The van der Waals surface area contributed by atoms with Crippen LogP contribution in [0.1, 0.15) is 55.9 Å². The molecule has 1 nitrogen and oxygen atoms in total. The normalized spacial score (nSPS) is 31.3. The first kappa shape index (κ1) is 28.3. The van der Waals surface area contributed by atoms with Crippen molar-refractivity contribution >= 4 is 26.8 Å². The molecule has 1 rings (SSSR count). The SMILES string of the molecule is C.CC1C(C)C(C)C([Si](C)(C)[N-]C(C)(C)C)C1C.[CH3-].[Cl][Ti][Cl]. The number of rotatable bonds is 2. The van der Waals surface area contributed by atoms with E-state index in [-0.39, 0.29) is 20.4 Å². The molecule has 4 atom stereocenters. The van der Waals surface area contributed by atoms with Crippen molar-refractivity contribution in [3.05, 3.63) is 12.4 Å². The fraction of sp³-hybridized carbons (Fsp3) is 0.941. The van der Waals surface area contributed by atoms with Gasteiger partial charge in [0.2, 0.25) is 0 Å². The fourth-order valence-electron chi connectivity index (χ4n) is 4.32. The molecule has 5 heteroatoms. The molecule has 0 amide bonds. The van der Waals surface area contributed by atoms with E-state index in [0.717, 1.165) is 29.2 Å². The van der Waals surface area contributed by atoms with Gasteiger partial charge in [-0.05, 0) is 23.7 Å². The van der Waals surface area contributed by atoms with Gasteiger partial charge in [-0.1, -0.05) is 82.8 Å². The number of hydrogen-bond acceptors (Lipinski definition) is 0. The van der Waals surface area contributed by atoms with Crippen LogP contribution < -0.4 is 0 Å². The van der Waals surface area contributed by atoms with Crippen LogP contribution in [0.4, 0.5) is 0 Å². The maximum atomic E-state index is 5.23. The monoisotopic (exact) mass is 403 g/mol. The van der Waals surface area contributed by atoms with E-state index in [0.29, 0.717) is 0 Å². The molecule has 0 aliphatic heterocycles. The van der Waals surface area contributed by atoms with E-state index in [1.165, 1.54) is 0 Å². The Bertz CT molecular complexity index is 281. The molecule has 22 heavy (non-hydrogen) atoms.